The fraction of sp³-hybridized carbons (Fsp3) is 0.250. The normalized spacial score (nSPS) is 12.0. The van der Waals surface area contributed by atoms with E-state index < -0.39 is 18.0 Å². The predicted molar refractivity (Wildman–Crippen MR) is 76.7 cm³/mol. The number of ether oxygens (including phenoxy) is 1. The lowest BCUT2D eigenvalue weighted by molar-refractivity contribution is -0.360. The second-order valence-electron chi connectivity index (χ2n) is 4.81. The van der Waals surface area contributed by atoms with Crippen LogP contribution in [0, 0.1) is 0 Å². The molecule has 23 heavy (non-hydrogen) atoms. The van der Waals surface area contributed by atoms with Crippen molar-refractivity contribution in [3.8, 4) is 5.75 Å². The van der Waals surface area contributed by atoms with E-state index in [4.69, 9.17) is 0 Å². The second kappa shape index (κ2) is 6.85. The van der Waals surface area contributed by atoms with Crippen LogP contribution in [0.1, 0.15) is 5.56 Å². The second-order valence-corrected chi connectivity index (χ2v) is 4.81. The molecule has 0 heterocycles. The quantitative estimate of drug-likeness (QED) is 0.762. The summed E-state index contributed by atoms with van der Waals surface area (Å²) in [7, 11) is 0. The lowest BCUT2D eigenvalue weighted by atomic mass is 10.1. The van der Waals surface area contributed by atoms with Gasteiger partial charge in [0, 0.05) is 12.2 Å². The summed E-state index contributed by atoms with van der Waals surface area (Å²) in [4.78, 5) is 0. The summed E-state index contributed by atoms with van der Waals surface area (Å²) in [5.41, 5.74) is 1.48. The summed E-state index contributed by atoms with van der Waals surface area (Å²) in [6.45, 7) is 0.503. The van der Waals surface area contributed by atoms with Crippen molar-refractivity contribution in [3.63, 3.8) is 0 Å². The minimum atomic E-state index is -5.75. The van der Waals surface area contributed by atoms with Gasteiger partial charge in [-0.15, -0.1) is 0 Å². The van der Waals surface area contributed by atoms with Gasteiger partial charge in [-0.05, 0) is 36.2 Å². The average molecular weight is 331 g/mol. The van der Waals surface area contributed by atoms with Gasteiger partial charge in [-0.25, -0.2) is 0 Å². The smallest absolute Gasteiger partial charge is 0.426 e. The Morgan fingerprint density at radius 2 is 1.57 bits per heavy atom. The molecule has 2 rings (SSSR count). The van der Waals surface area contributed by atoms with Gasteiger partial charge in [0.15, 0.2) is 0 Å². The molecule has 0 unspecified atom stereocenters. The Labute approximate surface area is 129 Å². The summed E-state index contributed by atoms with van der Waals surface area (Å²) in [6.07, 6.45) is -10.5. The van der Waals surface area contributed by atoms with Crippen LogP contribution in [0.15, 0.2) is 54.6 Å². The zero-order valence-electron chi connectivity index (χ0n) is 11.9. The number of anilines is 1. The maximum Gasteiger partial charge on any atom is 0.499 e. The number of hydrogen-bond donors (Lipinski definition) is 1. The van der Waals surface area contributed by atoms with Crippen LogP contribution in [0.4, 0.5) is 27.6 Å². The maximum absolute atomic E-state index is 12.9. The van der Waals surface area contributed by atoms with Crippen molar-refractivity contribution in [2.45, 2.75) is 18.7 Å². The van der Waals surface area contributed by atoms with E-state index in [-0.39, 0.29) is 0 Å². The van der Waals surface area contributed by atoms with Crippen LogP contribution in [0.5, 0.6) is 5.75 Å². The molecule has 0 amide bonds. The molecular weight excluding hydrogens is 317 g/mol. The van der Waals surface area contributed by atoms with Gasteiger partial charge < -0.3 is 10.1 Å². The Morgan fingerprint density at radius 1 is 0.870 bits per heavy atom. The topological polar surface area (TPSA) is 21.3 Å². The predicted octanol–water partition coefficient (Wildman–Crippen LogP) is 4.88. The van der Waals surface area contributed by atoms with Crippen LogP contribution in [0.3, 0.4) is 0 Å². The molecule has 0 aliphatic rings. The van der Waals surface area contributed by atoms with Crippen molar-refractivity contribution in [1.29, 1.82) is 0 Å². The zero-order valence-corrected chi connectivity index (χ0v) is 11.9. The molecule has 7 heteroatoms. The van der Waals surface area contributed by atoms with Gasteiger partial charge in [-0.2, -0.15) is 22.0 Å². The van der Waals surface area contributed by atoms with Gasteiger partial charge in [-0.1, -0.05) is 30.3 Å². The number of nitrogens with one attached hydrogen (secondary N) is 1. The molecule has 0 radical (unpaired) electrons. The molecule has 0 saturated carbocycles. The summed E-state index contributed by atoms with van der Waals surface area (Å²) in [5.74, 6) is -0.524. The van der Waals surface area contributed by atoms with E-state index in [0.29, 0.717) is 18.5 Å². The van der Waals surface area contributed by atoms with Crippen molar-refractivity contribution in [3.05, 3.63) is 60.2 Å². The van der Waals surface area contributed by atoms with Crippen molar-refractivity contribution in [2.75, 3.05) is 11.9 Å². The molecule has 0 bridgehead atoms. The molecule has 0 aromatic heterocycles. The zero-order chi connectivity index (χ0) is 16.9. The molecule has 2 aromatic carbocycles. The van der Waals surface area contributed by atoms with Crippen LogP contribution in [-0.2, 0) is 6.42 Å². The summed E-state index contributed by atoms with van der Waals surface area (Å²) >= 11 is 0. The summed E-state index contributed by atoms with van der Waals surface area (Å²) in [5, 5.41) is 3.12. The van der Waals surface area contributed by atoms with Crippen molar-refractivity contribution in [1.82, 2.24) is 0 Å². The fourth-order valence-corrected chi connectivity index (χ4v) is 1.88. The molecule has 0 atom stereocenters. The first-order chi connectivity index (χ1) is 10.8. The van der Waals surface area contributed by atoms with E-state index in [1.807, 2.05) is 30.3 Å². The number of para-hydroxylation sites is 1. The minimum Gasteiger partial charge on any atom is -0.426 e. The first kappa shape index (κ1) is 17.1. The summed E-state index contributed by atoms with van der Waals surface area (Å²) in [6, 6.07) is 14.6. The van der Waals surface area contributed by atoms with Crippen LogP contribution < -0.4 is 10.1 Å². The minimum absolute atomic E-state index is 0.448. The van der Waals surface area contributed by atoms with E-state index in [1.165, 1.54) is 12.1 Å². The standard InChI is InChI=1S/C16H14F5NO/c17-15(18,19)16(20,21)23-14-8-4-5-12(11-14)9-10-22-13-6-2-1-3-7-13/h1-8,11,22H,9-10H2. The van der Waals surface area contributed by atoms with Gasteiger partial charge in [0.1, 0.15) is 5.75 Å². The molecule has 0 aliphatic carbocycles. The van der Waals surface area contributed by atoms with Crippen molar-refractivity contribution >= 4 is 5.69 Å². The first-order valence-corrected chi connectivity index (χ1v) is 6.79. The van der Waals surface area contributed by atoms with Gasteiger partial charge in [-0.3, -0.25) is 0 Å². The Hall–Kier alpha value is -2.31. The Bertz CT molecular complexity index is 628. The molecule has 0 spiro atoms. The lowest BCUT2D eigenvalue weighted by Gasteiger charge is -2.20. The van der Waals surface area contributed by atoms with E-state index >= 15 is 0 Å². The molecular formula is C16H14F5NO. The monoisotopic (exact) mass is 331 g/mol. The third kappa shape index (κ3) is 4.84. The molecule has 0 fully saturated rings. The van der Waals surface area contributed by atoms with Crippen LogP contribution >= 0.6 is 0 Å². The lowest BCUT2D eigenvalue weighted by Crippen LogP contribution is -2.41. The highest BCUT2D eigenvalue weighted by Gasteiger charge is 2.61. The van der Waals surface area contributed by atoms with Gasteiger partial charge >= 0.3 is 12.3 Å². The number of hydrogen-bond acceptors (Lipinski definition) is 2. The molecule has 0 aliphatic heterocycles. The van der Waals surface area contributed by atoms with E-state index in [0.717, 1.165) is 11.8 Å². The van der Waals surface area contributed by atoms with Crippen molar-refractivity contribution < 1.29 is 26.7 Å². The van der Waals surface area contributed by atoms with Crippen LogP contribution in [0.2, 0.25) is 0 Å². The Kier molecular flexibility index (Phi) is 5.08. The molecule has 1 N–H and O–H groups in total. The largest absolute Gasteiger partial charge is 0.499 e. The Balaban J connectivity index is 1.95. The van der Waals surface area contributed by atoms with E-state index in [1.54, 1.807) is 6.07 Å². The fourth-order valence-electron chi connectivity index (χ4n) is 1.88. The number of rotatable bonds is 6. The highest BCUT2D eigenvalue weighted by atomic mass is 19.4. The highest BCUT2D eigenvalue weighted by Crippen LogP contribution is 2.37. The average Bonchev–Trinajstić information content (AvgIpc) is 2.47. The number of benzene rings is 2. The third-order valence-corrected chi connectivity index (χ3v) is 2.99. The van der Waals surface area contributed by atoms with E-state index in [2.05, 4.69) is 10.1 Å². The van der Waals surface area contributed by atoms with E-state index in [9.17, 15) is 22.0 Å². The SMILES string of the molecule is FC(F)(F)C(F)(F)Oc1cccc(CCNc2ccccc2)c1. The molecule has 0 saturated heterocycles. The first-order valence-electron chi connectivity index (χ1n) is 6.79. The van der Waals surface area contributed by atoms with Gasteiger partial charge in [0.2, 0.25) is 0 Å². The van der Waals surface area contributed by atoms with Crippen LogP contribution in [-0.4, -0.2) is 18.8 Å². The Morgan fingerprint density at radius 3 is 2.22 bits per heavy atom. The maximum atomic E-state index is 12.9. The van der Waals surface area contributed by atoms with Gasteiger partial charge in [0.25, 0.3) is 0 Å². The molecule has 2 nitrogen and oxygen atoms in total. The van der Waals surface area contributed by atoms with Gasteiger partial charge in [0.05, 0.1) is 0 Å². The number of halogens is 5. The highest BCUT2D eigenvalue weighted by molar-refractivity contribution is 5.42. The molecule has 2 aromatic rings. The number of alkyl halides is 5. The van der Waals surface area contributed by atoms with Crippen LogP contribution in [0.25, 0.3) is 0 Å². The molecule has 124 valence electrons. The summed E-state index contributed by atoms with van der Waals surface area (Å²) < 4.78 is 65.9. The van der Waals surface area contributed by atoms with Crippen molar-refractivity contribution in [2.24, 2.45) is 0 Å². The third-order valence-electron chi connectivity index (χ3n) is 2.99.